The van der Waals surface area contributed by atoms with Crippen molar-refractivity contribution in [3.8, 4) is 0 Å². The normalized spacial score (nSPS) is 12.0. The number of anilines is 1. The Morgan fingerprint density at radius 1 is 1.24 bits per heavy atom. The van der Waals surface area contributed by atoms with Crippen LogP contribution in [0.2, 0.25) is 0 Å². The molecule has 1 aromatic carbocycles. The van der Waals surface area contributed by atoms with Gasteiger partial charge in [-0.2, -0.15) is 0 Å². The van der Waals surface area contributed by atoms with Gasteiger partial charge in [0.15, 0.2) is 5.96 Å². The summed E-state index contributed by atoms with van der Waals surface area (Å²) in [5.41, 5.74) is 9.54. The first-order valence-corrected chi connectivity index (χ1v) is 6.02. The molecule has 3 nitrogen and oxygen atoms in total. The van der Waals surface area contributed by atoms with Crippen molar-refractivity contribution >= 4 is 11.6 Å². The Hall–Kier alpha value is -1.51. The third-order valence-corrected chi connectivity index (χ3v) is 2.56. The highest BCUT2D eigenvalue weighted by atomic mass is 15.2. The number of nitrogens with two attached hydrogens (primary N) is 1. The van der Waals surface area contributed by atoms with Crippen molar-refractivity contribution in [3.05, 3.63) is 29.3 Å². The summed E-state index contributed by atoms with van der Waals surface area (Å²) in [4.78, 5) is 6.31. The average molecular weight is 233 g/mol. The predicted octanol–water partition coefficient (Wildman–Crippen LogP) is 2.71. The maximum absolute atomic E-state index is 5.97. The first-order valence-electron chi connectivity index (χ1n) is 6.02. The van der Waals surface area contributed by atoms with E-state index in [2.05, 4.69) is 50.9 Å². The molecule has 0 saturated heterocycles. The molecule has 3 heteroatoms. The first kappa shape index (κ1) is 13.6. The van der Waals surface area contributed by atoms with Crippen molar-refractivity contribution < 1.29 is 0 Å². The Morgan fingerprint density at radius 2 is 1.76 bits per heavy atom. The number of hydrogen-bond donors (Lipinski definition) is 1. The van der Waals surface area contributed by atoms with Gasteiger partial charge in [0.05, 0.1) is 0 Å². The largest absolute Gasteiger partial charge is 0.370 e. The molecule has 0 aliphatic rings. The molecule has 1 aromatic rings. The summed E-state index contributed by atoms with van der Waals surface area (Å²) in [5, 5.41) is 0. The third kappa shape index (κ3) is 4.10. The van der Waals surface area contributed by atoms with Gasteiger partial charge in [0.25, 0.3) is 0 Å². The van der Waals surface area contributed by atoms with Gasteiger partial charge in [0.2, 0.25) is 0 Å². The van der Waals surface area contributed by atoms with Crippen LogP contribution in [0.25, 0.3) is 0 Å². The standard InChI is InChI=1S/C14H23N3/c1-10(2)9-16-14(15)17(5)13-7-11(3)6-12(4)8-13/h6-8,10H,9H2,1-5H3,(H2,15,16). The Balaban J connectivity index is 2.88. The van der Waals surface area contributed by atoms with E-state index in [-0.39, 0.29) is 0 Å². The van der Waals surface area contributed by atoms with Gasteiger partial charge < -0.3 is 10.6 Å². The minimum Gasteiger partial charge on any atom is -0.370 e. The van der Waals surface area contributed by atoms with E-state index in [1.807, 2.05) is 11.9 Å². The lowest BCUT2D eigenvalue weighted by atomic mass is 10.1. The summed E-state index contributed by atoms with van der Waals surface area (Å²) in [6, 6.07) is 6.38. The Morgan fingerprint density at radius 3 is 2.24 bits per heavy atom. The van der Waals surface area contributed by atoms with Crippen LogP contribution in [0.15, 0.2) is 23.2 Å². The predicted molar refractivity (Wildman–Crippen MR) is 75.6 cm³/mol. The summed E-state index contributed by atoms with van der Waals surface area (Å²) in [6.45, 7) is 9.21. The molecular weight excluding hydrogens is 210 g/mol. The molecule has 0 atom stereocenters. The third-order valence-electron chi connectivity index (χ3n) is 2.56. The molecule has 0 fully saturated rings. The van der Waals surface area contributed by atoms with Crippen LogP contribution in [0.3, 0.4) is 0 Å². The zero-order chi connectivity index (χ0) is 13.0. The van der Waals surface area contributed by atoms with Crippen LogP contribution < -0.4 is 10.6 Å². The van der Waals surface area contributed by atoms with E-state index in [0.29, 0.717) is 11.9 Å². The van der Waals surface area contributed by atoms with E-state index in [4.69, 9.17) is 5.73 Å². The molecule has 0 unspecified atom stereocenters. The van der Waals surface area contributed by atoms with Gasteiger partial charge in [-0.25, -0.2) is 0 Å². The minimum absolute atomic E-state index is 0.529. The van der Waals surface area contributed by atoms with Crippen LogP contribution >= 0.6 is 0 Å². The van der Waals surface area contributed by atoms with Crippen LogP contribution in [-0.2, 0) is 0 Å². The van der Waals surface area contributed by atoms with E-state index in [1.54, 1.807) is 0 Å². The van der Waals surface area contributed by atoms with Crippen LogP contribution in [0.4, 0.5) is 5.69 Å². The van der Waals surface area contributed by atoms with Gasteiger partial charge in [-0.3, -0.25) is 4.99 Å². The number of aliphatic imine (C=N–C) groups is 1. The van der Waals surface area contributed by atoms with E-state index in [0.717, 1.165) is 12.2 Å². The van der Waals surface area contributed by atoms with Gasteiger partial charge in [-0.1, -0.05) is 19.9 Å². The zero-order valence-corrected chi connectivity index (χ0v) is 11.5. The summed E-state index contributed by atoms with van der Waals surface area (Å²) in [5.74, 6) is 1.10. The smallest absolute Gasteiger partial charge is 0.195 e. The number of benzene rings is 1. The van der Waals surface area contributed by atoms with Crippen LogP contribution in [-0.4, -0.2) is 19.6 Å². The molecule has 2 N–H and O–H groups in total. The number of hydrogen-bond acceptors (Lipinski definition) is 1. The van der Waals surface area contributed by atoms with Crippen molar-refractivity contribution in [2.75, 3.05) is 18.5 Å². The lowest BCUT2D eigenvalue weighted by Crippen LogP contribution is -2.34. The van der Waals surface area contributed by atoms with Crippen molar-refractivity contribution in [2.45, 2.75) is 27.7 Å². The van der Waals surface area contributed by atoms with Gasteiger partial charge in [0, 0.05) is 19.3 Å². The summed E-state index contributed by atoms with van der Waals surface area (Å²) in [7, 11) is 1.95. The summed E-state index contributed by atoms with van der Waals surface area (Å²) >= 11 is 0. The molecule has 0 saturated carbocycles. The van der Waals surface area contributed by atoms with Gasteiger partial charge >= 0.3 is 0 Å². The average Bonchev–Trinajstić information content (AvgIpc) is 2.23. The van der Waals surface area contributed by atoms with Crippen molar-refractivity contribution in [2.24, 2.45) is 16.6 Å². The quantitative estimate of drug-likeness (QED) is 0.644. The van der Waals surface area contributed by atoms with Gasteiger partial charge in [-0.05, 0) is 43.0 Å². The lowest BCUT2D eigenvalue weighted by Gasteiger charge is -2.19. The van der Waals surface area contributed by atoms with Crippen molar-refractivity contribution in [1.29, 1.82) is 0 Å². The second-order valence-corrected chi connectivity index (χ2v) is 5.00. The summed E-state index contributed by atoms with van der Waals surface area (Å²) in [6.07, 6.45) is 0. The first-order chi connectivity index (χ1) is 7.90. The van der Waals surface area contributed by atoms with Crippen LogP contribution in [0.1, 0.15) is 25.0 Å². The Labute approximate surface area is 104 Å². The molecule has 94 valence electrons. The number of nitrogens with zero attached hydrogens (tertiary/aromatic N) is 2. The number of rotatable bonds is 3. The SMILES string of the molecule is Cc1cc(C)cc(N(C)C(N)=NCC(C)C)c1. The highest BCUT2D eigenvalue weighted by Crippen LogP contribution is 2.17. The van der Waals surface area contributed by atoms with Crippen molar-refractivity contribution in [1.82, 2.24) is 0 Å². The van der Waals surface area contributed by atoms with Crippen molar-refractivity contribution in [3.63, 3.8) is 0 Å². The second-order valence-electron chi connectivity index (χ2n) is 5.00. The number of aryl methyl sites for hydroxylation is 2. The van der Waals surface area contributed by atoms with E-state index >= 15 is 0 Å². The van der Waals surface area contributed by atoms with E-state index in [9.17, 15) is 0 Å². The fraction of sp³-hybridized carbons (Fsp3) is 0.500. The molecule has 0 bridgehead atoms. The minimum atomic E-state index is 0.529. The molecule has 0 heterocycles. The molecule has 0 aliphatic heterocycles. The maximum Gasteiger partial charge on any atom is 0.195 e. The lowest BCUT2D eigenvalue weighted by molar-refractivity contribution is 0.664. The second kappa shape index (κ2) is 5.71. The summed E-state index contributed by atoms with van der Waals surface area (Å²) < 4.78 is 0. The molecule has 0 amide bonds. The fourth-order valence-electron chi connectivity index (χ4n) is 1.66. The monoisotopic (exact) mass is 233 g/mol. The van der Waals surface area contributed by atoms with Gasteiger partial charge in [0.1, 0.15) is 0 Å². The molecule has 0 aliphatic carbocycles. The highest BCUT2D eigenvalue weighted by Gasteiger charge is 2.06. The molecule has 0 radical (unpaired) electrons. The molecular formula is C14H23N3. The molecule has 0 spiro atoms. The van der Waals surface area contributed by atoms with E-state index < -0.39 is 0 Å². The van der Waals surface area contributed by atoms with Gasteiger partial charge in [-0.15, -0.1) is 0 Å². The zero-order valence-electron chi connectivity index (χ0n) is 11.5. The van der Waals surface area contributed by atoms with Crippen LogP contribution in [0.5, 0.6) is 0 Å². The Kier molecular flexibility index (Phi) is 4.55. The molecule has 0 aromatic heterocycles. The van der Waals surface area contributed by atoms with Crippen LogP contribution in [0, 0.1) is 19.8 Å². The molecule has 1 rings (SSSR count). The fourth-order valence-corrected chi connectivity index (χ4v) is 1.66. The maximum atomic E-state index is 5.97. The highest BCUT2D eigenvalue weighted by molar-refractivity contribution is 5.94. The Bertz CT molecular complexity index is 388. The molecule has 17 heavy (non-hydrogen) atoms. The number of guanidine groups is 1. The van der Waals surface area contributed by atoms with E-state index in [1.165, 1.54) is 11.1 Å². The topological polar surface area (TPSA) is 41.6 Å².